The Morgan fingerprint density at radius 3 is 2.19 bits per heavy atom. The van der Waals surface area contributed by atoms with E-state index >= 15 is 0 Å². The van der Waals surface area contributed by atoms with Crippen molar-refractivity contribution in [1.29, 1.82) is 0 Å². The highest BCUT2D eigenvalue weighted by atomic mass is 31.1. The lowest BCUT2D eigenvalue weighted by molar-refractivity contribution is -0.149. The third kappa shape index (κ3) is 3.87. The molecule has 1 aromatic carbocycles. The molecule has 0 saturated heterocycles. The molecule has 0 N–H and O–H groups in total. The van der Waals surface area contributed by atoms with E-state index in [1.54, 1.807) is 6.92 Å². The van der Waals surface area contributed by atoms with Crippen molar-refractivity contribution in [3.63, 3.8) is 0 Å². The van der Waals surface area contributed by atoms with Gasteiger partial charge in [-0.1, -0.05) is 43.9 Å². The van der Waals surface area contributed by atoms with Crippen LogP contribution in [0.25, 0.3) is 0 Å². The molecule has 1 fully saturated rings. The number of ether oxygens (including phenoxy) is 1. The van der Waals surface area contributed by atoms with Crippen molar-refractivity contribution in [2.45, 2.75) is 78.3 Å². The molecule has 27 heavy (non-hydrogen) atoms. The van der Waals surface area contributed by atoms with E-state index in [0.29, 0.717) is 25.0 Å². The zero-order valence-electron chi connectivity index (χ0n) is 17.2. The Morgan fingerprint density at radius 2 is 1.70 bits per heavy atom. The van der Waals surface area contributed by atoms with Gasteiger partial charge in [0.1, 0.15) is 0 Å². The molecule has 2 rings (SSSR count). The summed E-state index contributed by atoms with van der Waals surface area (Å²) in [6.07, 6.45) is 4.49. The highest BCUT2D eigenvalue weighted by Crippen LogP contribution is 2.55. The number of hydrogen-bond donors (Lipinski definition) is 0. The van der Waals surface area contributed by atoms with Gasteiger partial charge in [0.15, 0.2) is 19.4 Å². The van der Waals surface area contributed by atoms with Crippen molar-refractivity contribution in [2.75, 3.05) is 6.61 Å². The highest BCUT2D eigenvalue weighted by Gasteiger charge is 2.61. The summed E-state index contributed by atoms with van der Waals surface area (Å²) >= 11 is 0. The molecular formula is C22H31O4P. The zero-order valence-corrected chi connectivity index (χ0v) is 18.1. The maximum atomic E-state index is 13.8. The summed E-state index contributed by atoms with van der Waals surface area (Å²) < 4.78 is 17.7. The van der Waals surface area contributed by atoms with Gasteiger partial charge in [0.25, 0.3) is 0 Å². The molecule has 1 saturated carbocycles. The Morgan fingerprint density at radius 1 is 1.15 bits per heavy atom. The minimum absolute atomic E-state index is 0.0618. The van der Waals surface area contributed by atoms with Crippen molar-refractivity contribution in [1.82, 2.24) is 0 Å². The number of esters is 1. The van der Waals surface area contributed by atoms with Crippen LogP contribution in [-0.4, -0.2) is 23.5 Å². The van der Waals surface area contributed by atoms with Crippen LogP contribution in [0.3, 0.4) is 0 Å². The summed E-state index contributed by atoms with van der Waals surface area (Å²) in [6.45, 7) is 9.82. The lowest BCUT2D eigenvalue weighted by Crippen LogP contribution is -2.52. The summed E-state index contributed by atoms with van der Waals surface area (Å²) in [5.41, 5.74) is 2.61. The zero-order chi connectivity index (χ0) is 20.2. The first kappa shape index (κ1) is 21.8. The van der Waals surface area contributed by atoms with Gasteiger partial charge in [0.2, 0.25) is 0 Å². The van der Waals surface area contributed by atoms with Crippen molar-refractivity contribution in [3.8, 4) is 0 Å². The van der Waals surface area contributed by atoms with Gasteiger partial charge in [-0.15, -0.1) is 0 Å². The number of rotatable bonds is 8. The molecule has 0 bridgehead atoms. The number of aryl methyl sites for hydroxylation is 3. The molecule has 148 valence electrons. The third-order valence-corrected chi connectivity index (χ3v) is 7.01. The standard InChI is InChI=1S/C22H31O4P/c1-6-7-12-26-20(24)21(5,27-25)22(10-8-9-11-22)19(23)18-16(3)13-15(2)14-17(18)4/h13-14H,6-12H2,1-5H3. The van der Waals surface area contributed by atoms with E-state index in [1.807, 2.05) is 39.8 Å². The van der Waals surface area contributed by atoms with Crippen LogP contribution in [0.2, 0.25) is 0 Å². The van der Waals surface area contributed by atoms with E-state index in [2.05, 4.69) is 0 Å². The third-order valence-electron chi connectivity index (χ3n) is 6.04. The van der Waals surface area contributed by atoms with Crippen LogP contribution in [0.15, 0.2) is 12.1 Å². The topological polar surface area (TPSA) is 60.4 Å². The fourth-order valence-corrected chi connectivity index (χ4v) is 5.10. The predicted octanol–water partition coefficient (Wildman–Crippen LogP) is 5.75. The van der Waals surface area contributed by atoms with Crippen LogP contribution in [-0.2, 0) is 14.1 Å². The molecule has 1 aromatic rings. The number of ketones is 1. The first-order chi connectivity index (χ1) is 12.7. The van der Waals surface area contributed by atoms with Crippen LogP contribution in [0.1, 0.15) is 79.4 Å². The Hall–Kier alpha value is -1.54. The Kier molecular flexibility index (Phi) is 6.97. The number of benzene rings is 1. The molecule has 5 heteroatoms. The highest BCUT2D eigenvalue weighted by molar-refractivity contribution is 7.28. The first-order valence-electron chi connectivity index (χ1n) is 9.88. The Labute approximate surface area is 164 Å². The predicted molar refractivity (Wildman–Crippen MR) is 108 cm³/mol. The number of carbonyl (C=O) groups excluding carboxylic acids is 2. The normalized spacial score (nSPS) is 18.3. The maximum absolute atomic E-state index is 13.8. The minimum Gasteiger partial charge on any atom is -0.465 e. The number of unbranched alkanes of at least 4 members (excludes halogenated alkanes) is 1. The Bertz CT molecular complexity index is 711. The summed E-state index contributed by atoms with van der Waals surface area (Å²) in [5.74, 6) is -0.585. The van der Waals surface area contributed by atoms with E-state index in [0.717, 1.165) is 42.4 Å². The average molecular weight is 390 g/mol. The first-order valence-corrected chi connectivity index (χ1v) is 10.7. The lowest BCUT2D eigenvalue weighted by atomic mass is 9.67. The smallest absolute Gasteiger partial charge is 0.324 e. The van der Waals surface area contributed by atoms with Crippen LogP contribution in [0.4, 0.5) is 0 Å². The van der Waals surface area contributed by atoms with Gasteiger partial charge in [-0.05, 0) is 58.1 Å². The largest absolute Gasteiger partial charge is 0.465 e. The van der Waals surface area contributed by atoms with Crippen LogP contribution in [0.5, 0.6) is 0 Å². The molecular weight excluding hydrogens is 359 g/mol. The van der Waals surface area contributed by atoms with E-state index in [9.17, 15) is 14.2 Å². The van der Waals surface area contributed by atoms with Gasteiger partial charge in [0.05, 0.1) is 12.0 Å². The number of Topliss-reactive ketones (excluding diaryl/α,β-unsaturated/α-hetero) is 1. The second-order valence-corrected chi connectivity index (χ2v) is 9.12. The van der Waals surface area contributed by atoms with Crippen LogP contribution in [0, 0.1) is 26.2 Å². The van der Waals surface area contributed by atoms with Crippen molar-refractivity contribution in [3.05, 3.63) is 34.4 Å². The molecule has 0 aliphatic heterocycles. The molecule has 1 unspecified atom stereocenters. The fraction of sp³-hybridized carbons (Fsp3) is 0.636. The molecule has 0 amide bonds. The van der Waals surface area contributed by atoms with Crippen molar-refractivity contribution < 1.29 is 18.9 Å². The average Bonchev–Trinajstić information content (AvgIpc) is 3.11. The number of carbonyl (C=O) groups is 2. The monoisotopic (exact) mass is 390 g/mol. The van der Waals surface area contributed by atoms with Gasteiger partial charge < -0.3 is 4.74 Å². The van der Waals surface area contributed by atoms with Gasteiger partial charge in [-0.2, -0.15) is 0 Å². The molecule has 1 aliphatic carbocycles. The molecule has 1 atom stereocenters. The van der Waals surface area contributed by atoms with Gasteiger partial charge in [0, 0.05) is 5.56 Å². The van der Waals surface area contributed by atoms with Crippen LogP contribution < -0.4 is 0 Å². The van der Waals surface area contributed by atoms with Gasteiger partial charge in [-0.25, -0.2) is 0 Å². The quantitative estimate of drug-likeness (QED) is 0.245. The van der Waals surface area contributed by atoms with E-state index in [-0.39, 0.29) is 14.2 Å². The van der Waals surface area contributed by atoms with Crippen molar-refractivity contribution in [2.24, 2.45) is 5.41 Å². The van der Waals surface area contributed by atoms with Crippen LogP contribution >= 0.6 is 8.46 Å². The molecule has 4 nitrogen and oxygen atoms in total. The van der Waals surface area contributed by atoms with E-state index in [4.69, 9.17) is 4.74 Å². The van der Waals surface area contributed by atoms with E-state index in [1.165, 1.54) is 0 Å². The molecule has 0 radical (unpaired) electrons. The van der Waals surface area contributed by atoms with Gasteiger partial charge >= 0.3 is 5.97 Å². The summed E-state index contributed by atoms with van der Waals surface area (Å²) in [5, 5.41) is -1.36. The number of hydrogen-bond acceptors (Lipinski definition) is 4. The molecule has 0 heterocycles. The van der Waals surface area contributed by atoms with Crippen molar-refractivity contribution >= 4 is 20.2 Å². The fourth-order valence-electron chi connectivity index (χ4n) is 4.46. The summed E-state index contributed by atoms with van der Waals surface area (Å²) in [7, 11) is -0.345. The van der Waals surface area contributed by atoms with E-state index < -0.39 is 16.5 Å². The molecule has 0 spiro atoms. The SMILES string of the molecule is CCCCOC(=O)C(C)(P=O)C1(C(=O)c2c(C)cc(C)cc2C)CCCC1. The minimum atomic E-state index is -1.36. The summed E-state index contributed by atoms with van der Waals surface area (Å²) in [4.78, 5) is 26.8. The molecule has 1 aliphatic rings. The second kappa shape index (κ2) is 8.65. The lowest BCUT2D eigenvalue weighted by Gasteiger charge is -2.39. The molecule has 0 aromatic heterocycles. The summed E-state index contributed by atoms with van der Waals surface area (Å²) in [6, 6.07) is 3.99. The Balaban J connectivity index is 2.51. The maximum Gasteiger partial charge on any atom is 0.324 e. The second-order valence-electron chi connectivity index (χ2n) is 8.05. The van der Waals surface area contributed by atoms with Gasteiger partial charge in [-0.3, -0.25) is 14.2 Å².